The van der Waals surface area contributed by atoms with Gasteiger partial charge in [-0.2, -0.15) is 13.2 Å². The molecule has 0 heterocycles. The van der Waals surface area contributed by atoms with Crippen LogP contribution in [0.1, 0.15) is 54.9 Å². The molecule has 0 fully saturated rings. The molecular formula is C25H27F3O5. The Bertz CT molecular complexity index is 903. The van der Waals surface area contributed by atoms with Crippen molar-refractivity contribution in [2.45, 2.75) is 45.2 Å². The minimum absolute atomic E-state index is 0.226. The van der Waals surface area contributed by atoms with Crippen LogP contribution in [0.15, 0.2) is 54.6 Å². The maximum Gasteiger partial charge on any atom is 0.392 e. The van der Waals surface area contributed by atoms with Gasteiger partial charge >= 0.3 is 18.1 Å². The molecule has 0 aliphatic carbocycles. The Balaban J connectivity index is 1.79. The Kier molecular flexibility index (Phi) is 10.5. The highest BCUT2D eigenvalue weighted by Crippen LogP contribution is 2.21. The van der Waals surface area contributed by atoms with Gasteiger partial charge in [-0.1, -0.05) is 38.3 Å². The first-order valence-electron chi connectivity index (χ1n) is 10.7. The lowest BCUT2D eigenvalue weighted by Crippen LogP contribution is -2.13. The topological polar surface area (TPSA) is 61.8 Å². The molecule has 0 aliphatic heterocycles. The van der Waals surface area contributed by atoms with Crippen molar-refractivity contribution in [2.24, 2.45) is 0 Å². The minimum atomic E-state index is -4.29. The average molecular weight is 464 g/mol. The van der Waals surface area contributed by atoms with Crippen LogP contribution in [0.3, 0.4) is 0 Å². The van der Waals surface area contributed by atoms with Gasteiger partial charge in [-0.3, -0.25) is 0 Å². The van der Waals surface area contributed by atoms with E-state index >= 15 is 0 Å². The first-order chi connectivity index (χ1) is 15.8. The minimum Gasteiger partial charge on any atom is -0.493 e. The summed E-state index contributed by atoms with van der Waals surface area (Å²) in [7, 11) is 0. The zero-order valence-corrected chi connectivity index (χ0v) is 18.4. The van der Waals surface area contributed by atoms with Gasteiger partial charge in [-0.25, -0.2) is 9.59 Å². The molecule has 5 nitrogen and oxygen atoms in total. The van der Waals surface area contributed by atoms with E-state index in [1.54, 1.807) is 30.3 Å². The van der Waals surface area contributed by atoms with Gasteiger partial charge in [0.2, 0.25) is 0 Å². The lowest BCUT2D eigenvalue weighted by molar-refractivity contribution is -0.140. The van der Waals surface area contributed by atoms with Crippen LogP contribution < -0.4 is 9.47 Å². The van der Waals surface area contributed by atoms with Gasteiger partial charge in [0, 0.05) is 6.08 Å². The molecule has 178 valence electrons. The molecule has 0 amide bonds. The quantitative estimate of drug-likeness (QED) is 0.158. The van der Waals surface area contributed by atoms with Gasteiger partial charge in [0.05, 0.1) is 25.2 Å². The van der Waals surface area contributed by atoms with Gasteiger partial charge < -0.3 is 14.2 Å². The second kappa shape index (κ2) is 13.3. The highest BCUT2D eigenvalue weighted by Gasteiger charge is 2.26. The van der Waals surface area contributed by atoms with Gasteiger partial charge in [0.25, 0.3) is 0 Å². The number of esters is 2. The number of halogens is 3. The summed E-state index contributed by atoms with van der Waals surface area (Å²) in [5.74, 6) is -0.493. The van der Waals surface area contributed by atoms with Crippen LogP contribution >= 0.6 is 0 Å². The smallest absolute Gasteiger partial charge is 0.392 e. The molecule has 0 N–H and O–H groups in total. The Hall–Kier alpha value is -3.29. The number of ether oxygens (including phenoxy) is 3. The third-order valence-electron chi connectivity index (χ3n) is 4.49. The molecule has 2 rings (SSSR count). The van der Waals surface area contributed by atoms with E-state index in [4.69, 9.17) is 14.2 Å². The van der Waals surface area contributed by atoms with E-state index in [2.05, 4.69) is 6.92 Å². The molecular weight excluding hydrogens is 437 g/mol. The van der Waals surface area contributed by atoms with Crippen LogP contribution in [0, 0.1) is 0 Å². The zero-order chi connectivity index (χ0) is 24.1. The molecule has 0 atom stereocenters. The fraction of sp³-hybridized carbons (Fsp3) is 0.360. The molecule has 0 aliphatic rings. The number of hydrogen-bond acceptors (Lipinski definition) is 5. The van der Waals surface area contributed by atoms with Crippen molar-refractivity contribution in [2.75, 3.05) is 13.2 Å². The SMILES string of the molecule is CCCCCCOC(=O)C=Cc1ccc(OC(=O)c2ccc(OCCC(F)(F)F)cc2)cc1. The molecule has 0 saturated carbocycles. The maximum absolute atomic E-state index is 12.3. The zero-order valence-electron chi connectivity index (χ0n) is 18.4. The number of alkyl halides is 3. The highest BCUT2D eigenvalue weighted by atomic mass is 19.4. The van der Waals surface area contributed by atoms with Crippen LogP contribution in [0.25, 0.3) is 6.08 Å². The van der Waals surface area contributed by atoms with Crippen molar-refractivity contribution in [3.63, 3.8) is 0 Å². The summed E-state index contributed by atoms with van der Waals surface area (Å²) in [6.07, 6.45) is 1.74. The summed E-state index contributed by atoms with van der Waals surface area (Å²) in [5, 5.41) is 0. The molecule has 8 heteroatoms. The Morgan fingerprint density at radius 2 is 1.55 bits per heavy atom. The second-order valence-electron chi connectivity index (χ2n) is 7.26. The fourth-order valence-electron chi connectivity index (χ4n) is 2.70. The van der Waals surface area contributed by atoms with E-state index in [-0.39, 0.29) is 11.3 Å². The van der Waals surface area contributed by atoms with Gasteiger partial charge in [-0.15, -0.1) is 0 Å². The van der Waals surface area contributed by atoms with Crippen LogP contribution in [-0.4, -0.2) is 31.3 Å². The summed E-state index contributed by atoms with van der Waals surface area (Å²) >= 11 is 0. The van der Waals surface area contributed by atoms with Crippen molar-refractivity contribution in [1.29, 1.82) is 0 Å². The van der Waals surface area contributed by atoms with E-state index in [0.717, 1.165) is 31.2 Å². The highest BCUT2D eigenvalue weighted by molar-refractivity contribution is 5.91. The van der Waals surface area contributed by atoms with Gasteiger partial charge in [0.1, 0.15) is 11.5 Å². The summed E-state index contributed by atoms with van der Waals surface area (Å²) in [5.41, 5.74) is 0.960. The van der Waals surface area contributed by atoms with E-state index < -0.39 is 31.1 Å². The molecule has 0 radical (unpaired) electrons. The number of benzene rings is 2. The van der Waals surface area contributed by atoms with E-state index in [1.807, 2.05) is 0 Å². The third kappa shape index (κ3) is 10.7. The largest absolute Gasteiger partial charge is 0.493 e. The Morgan fingerprint density at radius 1 is 0.879 bits per heavy atom. The van der Waals surface area contributed by atoms with Crippen molar-refractivity contribution in [1.82, 2.24) is 0 Å². The summed E-state index contributed by atoms with van der Waals surface area (Å²) in [4.78, 5) is 24.0. The third-order valence-corrected chi connectivity index (χ3v) is 4.49. The predicted octanol–water partition coefficient (Wildman–Crippen LogP) is 6.37. The van der Waals surface area contributed by atoms with Crippen LogP contribution in [0.2, 0.25) is 0 Å². The molecule has 0 saturated heterocycles. The normalized spacial score (nSPS) is 11.4. The standard InChI is InChI=1S/C25H27F3O5/c1-2-3-4-5-17-32-23(29)15-8-19-6-11-22(12-7-19)33-24(30)20-9-13-21(14-10-20)31-18-16-25(26,27)28/h6-15H,2-5,16-18H2,1H3. The van der Waals surface area contributed by atoms with Crippen molar-refractivity contribution >= 4 is 18.0 Å². The van der Waals surface area contributed by atoms with E-state index in [9.17, 15) is 22.8 Å². The lowest BCUT2D eigenvalue weighted by Gasteiger charge is -2.09. The maximum atomic E-state index is 12.3. The lowest BCUT2D eigenvalue weighted by atomic mass is 10.2. The van der Waals surface area contributed by atoms with Gasteiger partial charge in [-0.05, 0) is 54.5 Å². The number of carbonyl (C=O) groups excluding carboxylic acids is 2. The first kappa shape index (κ1) is 26.0. The van der Waals surface area contributed by atoms with Crippen molar-refractivity contribution in [3.05, 3.63) is 65.7 Å². The molecule has 2 aromatic rings. The summed E-state index contributed by atoms with van der Waals surface area (Å²) in [6, 6.07) is 12.2. The molecule has 0 spiro atoms. The molecule has 0 aromatic heterocycles. The van der Waals surface area contributed by atoms with Crippen molar-refractivity contribution < 1.29 is 37.0 Å². The first-order valence-corrected chi connectivity index (χ1v) is 10.7. The van der Waals surface area contributed by atoms with Crippen LogP contribution in [-0.2, 0) is 9.53 Å². The molecule has 33 heavy (non-hydrogen) atoms. The number of hydrogen-bond donors (Lipinski definition) is 0. The van der Waals surface area contributed by atoms with Crippen LogP contribution in [0.5, 0.6) is 11.5 Å². The molecule has 2 aromatic carbocycles. The predicted molar refractivity (Wildman–Crippen MR) is 118 cm³/mol. The average Bonchev–Trinajstić information content (AvgIpc) is 2.78. The number of carbonyl (C=O) groups is 2. The van der Waals surface area contributed by atoms with Crippen LogP contribution in [0.4, 0.5) is 13.2 Å². The van der Waals surface area contributed by atoms with Gasteiger partial charge in [0.15, 0.2) is 0 Å². The second-order valence-corrected chi connectivity index (χ2v) is 7.26. The number of unbranched alkanes of at least 4 members (excludes halogenated alkanes) is 3. The fourth-order valence-corrected chi connectivity index (χ4v) is 2.70. The van der Waals surface area contributed by atoms with Crippen molar-refractivity contribution in [3.8, 4) is 11.5 Å². The molecule has 0 bridgehead atoms. The summed E-state index contributed by atoms with van der Waals surface area (Å²) in [6.45, 7) is 2.02. The Labute approximate surface area is 191 Å². The van der Waals surface area contributed by atoms with E-state index in [0.29, 0.717) is 12.4 Å². The molecule has 0 unspecified atom stereocenters. The monoisotopic (exact) mass is 464 g/mol. The van der Waals surface area contributed by atoms with E-state index in [1.165, 1.54) is 30.3 Å². The Morgan fingerprint density at radius 3 is 2.18 bits per heavy atom. The summed E-state index contributed by atoms with van der Waals surface area (Å²) < 4.78 is 51.9. The number of rotatable bonds is 12.